The van der Waals surface area contributed by atoms with Crippen LogP contribution in [0.3, 0.4) is 0 Å². The second-order valence-electron chi connectivity index (χ2n) is 5.84. The maximum Gasteiger partial charge on any atom is 0.0273 e. The van der Waals surface area contributed by atoms with E-state index in [-0.39, 0.29) is 0 Å². The van der Waals surface area contributed by atoms with Gasteiger partial charge in [-0.05, 0) is 23.6 Å². The number of pyridine rings is 1. The highest BCUT2D eigenvalue weighted by atomic mass is 14.6. The average molecular weight is 273 g/mol. The number of nitrogens with zero attached hydrogens (tertiary/aromatic N) is 1. The predicted octanol–water partition coefficient (Wildman–Crippen LogP) is 6.26. The Labute approximate surface area is 125 Å². The number of unbranched alkanes of at least 4 members (excludes halogenated alkanes) is 6. The van der Waals surface area contributed by atoms with Crippen LogP contribution in [-0.4, -0.2) is 4.98 Å². The topological polar surface area (TPSA) is 12.9 Å². The molecule has 0 N–H and O–H groups in total. The Bertz CT molecular complexity index is 327. The fraction of sp³-hybridized carbons (Fsp3) is 0.632. The van der Waals surface area contributed by atoms with Crippen LogP contribution in [0.5, 0.6) is 0 Å². The summed E-state index contributed by atoms with van der Waals surface area (Å²) in [6.07, 6.45) is 20.2. The molecule has 2 rings (SSSR count). The molecule has 1 aromatic rings. The van der Waals surface area contributed by atoms with Crippen molar-refractivity contribution in [2.75, 3.05) is 0 Å². The Morgan fingerprint density at radius 1 is 1.05 bits per heavy atom. The third-order valence-electron chi connectivity index (χ3n) is 3.85. The van der Waals surface area contributed by atoms with Gasteiger partial charge in [-0.2, -0.15) is 0 Å². The molecule has 0 spiro atoms. The molecule has 0 saturated heterocycles. The van der Waals surface area contributed by atoms with Crippen molar-refractivity contribution in [3.63, 3.8) is 0 Å². The summed E-state index contributed by atoms with van der Waals surface area (Å²) < 4.78 is 0. The predicted molar refractivity (Wildman–Crippen MR) is 89.7 cm³/mol. The molecule has 1 aromatic heterocycles. The van der Waals surface area contributed by atoms with Gasteiger partial charge in [0.1, 0.15) is 0 Å². The van der Waals surface area contributed by atoms with E-state index in [9.17, 15) is 0 Å². The lowest BCUT2D eigenvalue weighted by Gasteiger charge is -1.99. The van der Waals surface area contributed by atoms with Gasteiger partial charge in [-0.1, -0.05) is 83.8 Å². The molecule has 1 aliphatic rings. The summed E-state index contributed by atoms with van der Waals surface area (Å²) in [6.45, 7) is 5.89. The molecule has 0 aliphatic heterocycles. The molecule has 0 atom stereocenters. The van der Waals surface area contributed by atoms with Gasteiger partial charge in [0.25, 0.3) is 0 Å². The van der Waals surface area contributed by atoms with Crippen molar-refractivity contribution < 1.29 is 0 Å². The molecule has 1 fully saturated rings. The van der Waals surface area contributed by atoms with Gasteiger partial charge >= 0.3 is 0 Å². The summed E-state index contributed by atoms with van der Waals surface area (Å²) in [5.74, 6) is 1.15. The molecule has 0 radical (unpaired) electrons. The third kappa shape index (κ3) is 9.77. The van der Waals surface area contributed by atoms with Crippen molar-refractivity contribution in [2.45, 2.75) is 71.1 Å². The van der Waals surface area contributed by atoms with Crippen molar-refractivity contribution in [1.29, 1.82) is 0 Å². The van der Waals surface area contributed by atoms with Gasteiger partial charge in [0.2, 0.25) is 0 Å². The molecular weight excluding hydrogens is 242 g/mol. The summed E-state index contributed by atoms with van der Waals surface area (Å²) >= 11 is 0. The van der Waals surface area contributed by atoms with Crippen molar-refractivity contribution in [2.24, 2.45) is 5.92 Å². The SMILES string of the molecule is C=Cc1ccncc1.CCCCCCCCCC1CC1. The Hall–Kier alpha value is -1.11. The van der Waals surface area contributed by atoms with E-state index in [1.54, 1.807) is 18.5 Å². The highest BCUT2D eigenvalue weighted by molar-refractivity contribution is 5.44. The highest BCUT2D eigenvalue weighted by Crippen LogP contribution is 2.34. The van der Waals surface area contributed by atoms with Crippen LogP contribution in [0.1, 0.15) is 76.7 Å². The molecule has 0 aromatic carbocycles. The normalized spacial score (nSPS) is 13.4. The molecule has 20 heavy (non-hydrogen) atoms. The van der Waals surface area contributed by atoms with Crippen LogP contribution in [0, 0.1) is 5.92 Å². The van der Waals surface area contributed by atoms with Crippen LogP contribution < -0.4 is 0 Å². The molecule has 1 heterocycles. The first-order valence-corrected chi connectivity index (χ1v) is 8.39. The number of aromatic nitrogens is 1. The van der Waals surface area contributed by atoms with E-state index in [1.165, 1.54) is 64.2 Å². The number of hydrogen-bond donors (Lipinski definition) is 0. The zero-order chi connectivity index (χ0) is 14.5. The van der Waals surface area contributed by atoms with Gasteiger partial charge in [0, 0.05) is 12.4 Å². The zero-order valence-electron chi connectivity index (χ0n) is 13.2. The van der Waals surface area contributed by atoms with E-state index in [4.69, 9.17) is 0 Å². The first kappa shape index (κ1) is 16.9. The van der Waals surface area contributed by atoms with E-state index in [1.807, 2.05) is 12.1 Å². The summed E-state index contributed by atoms with van der Waals surface area (Å²) in [7, 11) is 0. The first-order valence-electron chi connectivity index (χ1n) is 8.39. The van der Waals surface area contributed by atoms with Gasteiger partial charge in [0.15, 0.2) is 0 Å². The van der Waals surface area contributed by atoms with Crippen molar-refractivity contribution >= 4 is 6.08 Å². The van der Waals surface area contributed by atoms with Crippen molar-refractivity contribution in [3.05, 3.63) is 36.7 Å². The largest absolute Gasteiger partial charge is 0.265 e. The quantitative estimate of drug-likeness (QED) is 0.484. The number of rotatable bonds is 9. The molecule has 1 saturated carbocycles. The van der Waals surface area contributed by atoms with Crippen LogP contribution in [-0.2, 0) is 0 Å². The summed E-state index contributed by atoms with van der Waals surface area (Å²) in [5, 5.41) is 0. The van der Waals surface area contributed by atoms with Crippen LogP contribution in [0.15, 0.2) is 31.1 Å². The van der Waals surface area contributed by atoms with Gasteiger partial charge < -0.3 is 0 Å². The standard InChI is InChI=1S/C12H24.C7H7N/c1-2-3-4-5-6-7-8-9-12-10-11-12;1-2-7-3-5-8-6-4-7/h12H,2-11H2,1H3;2-6H,1H2. The fourth-order valence-electron chi connectivity index (χ4n) is 2.30. The monoisotopic (exact) mass is 273 g/mol. The molecule has 0 amide bonds. The minimum Gasteiger partial charge on any atom is -0.265 e. The zero-order valence-corrected chi connectivity index (χ0v) is 13.2. The van der Waals surface area contributed by atoms with Crippen LogP contribution in [0.25, 0.3) is 6.08 Å². The maximum absolute atomic E-state index is 3.85. The minimum absolute atomic E-state index is 1.11. The Kier molecular flexibility index (Phi) is 9.91. The van der Waals surface area contributed by atoms with E-state index >= 15 is 0 Å². The van der Waals surface area contributed by atoms with Crippen molar-refractivity contribution in [1.82, 2.24) is 4.98 Å². The van der Waals surface area contributed by atoms with E-state index in [0.29, 0.717) is 0 Å². The van der Waals surface area contributed by atoms with Gasteiger partial charge in [0.05, 0.1) is 0 Å². The molecular formula is C19H31N. The van der Waals surface area contributed by atoms with Crippen LogP contribution in [0.4, 0.5) is 0 Å². The molecule has 112 valence electrons. The number of hydrogen-bond acceptors (Lipinski definition) is 1. The second kappa shape index (κ2) is 11.7. The fourth-order valence-corrected chi connectivity index (χ4v) is 2.30. The Morgan fingerprint density at radius 3 is 2.15 bits per heavy atom. The summed E-state index contributed by atoms with van der Waals surface area (Å²) in [6, 6.07) is 3.82. The summed E-state index contributed by atoms with van der Waals surface area (Å²) in [4.78, 5) is 3.85. The molecule has 0 unspecified atom stereocenters. The third-order valence-corrected chi connectivity index (χ3v) is 3.85. The summed E-state index contributed by atoms with van der Waals surface area (Å²) in [5.41, 5.74) is 1.11. The van der Waals surface area contributed by atoms with E-state index in [0.717, 1.165) is 11.5 Å². The van der Waals surface area contributed by atoms with Crippen molar-refractivity contribution in [3.8, 4) is 0 Å². The Balaban J connectivity index is 0.000000217. The lowest BCUT2D eigenvalue weighted by molar-refractivity contribution is 0.558. The van der Waals surface area contributed by atoms with E-state index in [2.05, 4.69) is 18.5 Å². The molecule has 1 heteroatoms. The Morgan fingerprint density at radius 2 is 1.65 bits per heavy atom. The lowest BCUT2D eigenvalue weighted by Crippen LogP contribution is -1.81. The minimum atomic E-state index is 1.11. The van der Waals surface area contributed by atoms with E-state index < -0.39 is 0 Å². The average Bonchev–Trinajstić information content (AvgIpc) is 3.32. The van der Waals surface area contributed by atoms with Gasteiger partial charge in [-0.25, -0.2) is 0 Å². The van der Waals surface area contributed by atoms with Gasteiger partial charge in [-0.15, -0.1) is 0 Å². The second-order valence-corrected chi connectivity index (χ2v) is 5.84. The lowest BCUT2D eigenvalue weighted by atomic mass is 10.1. The van der Waals surface area contributed by atoms with Crippen LogP contribution in [0.2, 0.25) is 0 Å². The molecule has 1 nitrogen and oxygen atoms in total. The highest BCUT2D eigenvalue weighted by Gasteiger charge is 2.19. The first-order chi connectivity index (χ1) is 9.86. The molecule has 1 aliphatic carbocycles. The van der Waals surface area contributed by atoms with Crippen LogP contribution >= 0.6 is 0 Å². The van der Waals surface area contributed by atoms with Gasteiger partial charge in [-0.3, -0.25) is 4.98 Å². The maximum atomic E-state index is 3.85. The molecule has 0 bridgehead atoms. The smallest absolute Gasteiger partial charge is 0.0273 e.